The Morgan fingerprint density at radius 3 is 2.69 bits per heavy atom. The predicted octanol–water partition coefficient (Wildman–Crippen LogP) is 3.30. The highest BCUT2D eigenvalue weighted by atomic mass is 32.2. The van der Waals surface area contributed by atoms with Gasteiger partial charge in [0.2, 0.25) is 5.88 Å². The van der Waals surface area contributed by atoms with E-state index in [4.69, 9.17) is 22.1 Å². The van der Waals surface area contributed by atoms with E-state index in [9.17, 15) is 18.8 Å². The smallest absolute Gasteiger partial charge is 0.305 e. The van der Waals surface area contributed by atoms with Crippen molar-refractivity contribution in [3.8, 4) is 11.6 Å². The molecular formula is C21H14FN3O5S2. The molecule has 1 N–H and O–H groups in total. The van der Waals surface area contributed by atoms with Crippen molar-refractivity contribution in [2.45, 2.75) is 6.42 Å². The molecule has 1 aromatic carbocycles. The quantitative estimate of drug-likeness (QED) is 0.432. The van der Waals surface area contributed by atoms with Crippen LogP contribution in [0.5, 0.6) is 11.6 Å². The number of nitrogens with zero attached hydrogens (tertiary/aromatic N) is 3. The minimum absolute atomic E-state index is 0.00300. The SMILES string of the molecule is O=C(O)CCN1C(=O)/C(=C/c2c(Oc3ccc(F)cc3)nc3ccccn3c2=O)SC1=S. The number of rotatable bonds is 6. The Morgan fingerprint density at radius 2 is 1.97 bits per heavy atom. The highest BCUT2D eigenvalue weighted by Crippen LogP contribution is 2.34. The van der Waals surface area contributed by atoms with E-state index < -0.39 is 23.3 Å². The van der Waals surface area contributed by atoms with Gasteiger partial charge in [0.15, 0.2) is 0 Å². The van der Waals surface area contributed by atoms with Crippen molar-refractivity contribution >= 4 is 51.9 Å². The molecule has 0 atom stereocenters. The summed E-state index contributed by atoms with van der Waals surface area (Å²) in [5, 5.41) is 8.88. The zero-order valence-electron chi connectivity index (χ0n) is 16.2. The van der Waals surface area contributed by atoms with Gasteiger partial charge in [0.05, 0.1) is 11.3 Å². The monoisotopic (exact) mass is 471 g/mol. The van der Waals surface area contributed by atoms with Gasteiger partial charge in [0, 0.05) is 12.7 Å². The fraction of sp³-hybridized carbons (Fsp3) is 0.0952. The molecule has 0 spiro atoms. The Balaban J connectivity index is 1.78. The first kappa shape index (κ1) is 21.7. The lowest BCUT2D eigenvalue weighted by atomic mass is 10.2. The lowest BCUT2D eigenvalue weighted by Gasteiger charge is -2.12. The summed E-state index contributed by atoms with van der Waals surface area (Å²) in [6.45, 7) is -0.0781. The number of pyridine rings is 1. The van der Waals surface area contributed by atoms with E-state index in [1.807, 2.05) is 0 Å². The van der Waals surface area contributed by atoms with Crippen molar-refractivity contribution < 1.29 is 23.8 Å². The molecule has 11 heteroatoms. The fourth-order valence-electron chi connectivity index (χ4n) is 2.93. The van der Waals surface area contributed by atoms with Gasteiger partial charge in [-0.1, -0.05) is 30.0 Å². The number of hydrogen-bond acceptors (Lipinski definition) is 7. The zero-order chi connectivity index (χ0) is 22.8. The maximum Gasteiger partial charge on any atom is 0.305 e. The fourth-order valence-corrected chi connectivity index (χ4v) is 4.22. The summed E-state index contributed by atoms with van der Waals surface area (Å²) in [7, 11) is 0. The Hall–Kier alpha value is -3.57. The second kappa shape index (κ2) is 8.89. The number of halogens is 1. The molecular weight excluding hydrogens is 457 g/mol. The molecule has 1 aliphatic rings. The normalized spacial score (nSPS) is 15.0. The third kappa shape index (κ3) is 4.39. The number of benzene rings is 1. The van der Waals surface area contributed by atoms with Gasteiger partial charge in [0.1, 0.15) is 27.1 Å². The van der Waals surface area contributed by atoms with Gasteiger partial charge in [0.25, 0.3) is 11.5 Å². The van der Waals surface area contributed by atoms with Gasteiger partial charge in [-0.15, -0.1) is 0 Å². The van der Waals surface area contributed by atoms with Crippen molar-refractivity contribution in [2.24, 2.45) is 0 Å². The molecule has 0 bridgehead atoms. The predicted molar refractivity (Wildman–Crippen MR) is 120 cm³/mol. The number of fused-ring (bicyclic) bond motifs is 1. The first-order valence-corrected chi connectivity index (χ1v) is 10.5. The molecule has 3 aromatic rings. The minimum Gasteiger partial charge on any atom is -0.481 e. The number of aliphatic carboxylic acids is 1. The highest BCUT2D eigenvalue weighted by Gasteiger charge is 2.33. The zero-order valence-corrected chi connectivity index (χ0v) is 17.9. The molecule has 0 aliphatic carbocycles. The van der Waals surface area contributed by atoms with E-state index >= 15 is 0 Å². The lowest BCUT2D eigenvalue weighted by molar-refractivity contribution is -0.137. The van der Waals surface area contributed by atoms with Gasteiger partial charge < -0.3 is 9.84 Å². The molecule has 3 heterocycles. The molecule has 162 valence electrons. The number of carbonyl (C=O) groups is 2. The van der Waals surface area contributed by atoms with Crippen LogP contribution in [0.3, 0.4) is 0 Å². The molecule has 8 nitrogen and oxygen atoms in total. The van der Waals surface area contributed by atoms with Crippen molar-refractivity contribution in [1.82, 2.24) is 14.3 Å². The summed E-state index contributed by atoms with van der Waals surface area (Å²) < 4.78 is 20.5. The Kier molecular flexibility index (Phi) is 6.01. The Labute approximate surface area is 189 Å². The first-order chi connectivity index (χ1) is 15.3. The van der Waals surface area contributed by atoms with E-state index in [-0.39, 0.29) is 39.4 Å². The topological polar surface area (TPSA) is 101 Å². The molecule has 4 rings (SSSR count). The van der Waals surface area contributed by atoms with Crippen LogP contribution < -0.4 is 10.3 Å². The van der Waals surface area contributed by atoms with Crippen LogP contribution in [0.25, 0.3) is 11.7 Å². The van der Waals surface area contributed by atoms with Crippen molar-refractivity contribution in [3.05, 3.63) is 75.3 Å². The second-order valence-corrected chi connectivity index (χ2v) is 8.27. The van der Waals surface area contributed by atoms with E-state index in [0.717, 1.165) is 11.8 Å². The molecule has 1 aliphatic heterocycles. The molecule has 1 amide bonds. The summed E-state index contributed by atoms with van der Waals surface area (Å²) >= 11 is 6.15. The van der Waals surface area contributed by atoms with Crippen LogP contribution in [0.2, 0.25) is 0 Å². The highest BCUT2D eigenvalue weighted by molar-refractivity contribution is 8.26. The third-order valence-corrected chi connectivity index (χ3v) is 5.84. The average molecular weight is 471 g/mol. The van der Waals surface area contributed by atoms with Gasteiger partial charge in [-0.25, -0.2) is 4.39 Å². The maximum atomic E-state index is 13.2. The van der Waals surface area contributed by atoms with E-state index in [1.54, 1.807) is 18.2 Å². The van der Waals surface area contributed by atoms with Crippen LogP contribution in [-0.2, 0) is 9.59 Å². The Bertz CT molecular complexity index is 1340. The summed E-state index contributed by atoms with van der Waals surface area (Å²) in [5.41, 5.74) is -0.166. The van der Waals surface area contributed by atoms with Crippen LogP contribution in [0.15, 0.2) is 58.4 Å². The standard InChI is InChI=1S/C21H14FN3O5S2/c22-12-4-6-13(7-5-12)30-18-14(19(28)24-9-2-1-3-16(24)23-18)11-15-20(29)25(21(31)32-15)10-8-17(26)27/h1-7,9,11H,8,10H2,(H,26,27)/b15-11-. The maximum absolute atomic E-state index is 13.2. The molecule has 1 saturated heterocycles. The molecule has 2 aromatic heterocycles. The van der Waals surface area contributed by atoms with Crippen molar-refractivity contribution in [2.75, 3.05) is 6.54 Å². The van der Waals surface area contributed by atoms with Crippen molar-refractivity contribution in [1.29, 1.82) is 0 Å². The van der Waals surface area contributed by atoms with Crippen LogP contribution in [0.4, 0.5) is 4.39 Å². The number of carboxylic acid groups (broad SMARTS) is 1. The Morgan fingerprint density at radius 1 is 1.22 bits per heavy atom. The number of aromatic nitrogens is 2. The average Bonchev–Trinajstić information content (AvgIpc) is 3.03. The molecule has 0 saturated carbocycles. The van der Waals surface area contributed by atoms with Crippen LogP contribution >= 0.6 is 24.0 Å². The van der Waals surface area contributed by atoms with Crippen molar-refractivity contribution in [3.63, 3.8) is 0 Å². The number of hydrogen-bond donors (Lipinski definition) is 1. The molecule has 1 fully saturated rings. The summed E-state index contributed by atoms with van der Waals surface area (Å²) in [6.07, 6.45) is 2.59. The van der Waals surface area contributed by atoms with Gasteiger partial charge in [-0.05, 0) is 42.5 Å². The largest absolute Gasteiger partial charge is 0.481 e. The number of thioether (sulfide) groups is 1. The minimum atomic E-state index is -1.06. The van der Waals surface area contributed by atoms with Gasteiger partial charge in [-0.3, -0.25) is 23.7 Å². The summed E-state index contributed by atoms with van der Waals surface area (Å²) in [4.78, 5) is 42.5. The summed E-state index contributed by atoms with van der Waals surface area (Å²) in [6, 6.07) is 10.2. The molecule has 32 heavy (non-hydrogen) atoms. The third-order valence-electron chi connectivity index (χ3n) is 4.46. The van der Waals surface area contributed by atoms with E-state index in [0.29, 0.717) is 5.65 Å². The van der Waals surface area contributed by atoms with E-state index in [2.05, 4.69) is 4.98 Å². The van der Waals surface area contributed by atoms with E-state index in [1.165, 1.54) is 45.8 Å². The number of ether oxygens (including phenoxy) is 1. The van der Waals surface area contributed by atoms with Crippen LogP contribution in [0.1, 0.15) is 12.0 Å². The number of amides is 1. The van der Waals surface area contributed by atoms with Gasteiger partial charge in [-0.2, -0.15) is 4.98 Å². The molecule has 0 unspecified atom stereocenters. The lowest BCUT2D eigenvalue weighted by Crippen LogP contribution is -2.30. The number of carbonyl (C=O) groups excluding carboxylic acids is 1. The van der Waals surface area contributed by atoms with Crippen LogP contribution in [-0.4, -0.2) is 42.1 Å². The van der Waals surface area contributed by atoms with Crippen LogP contribution in [0, 0.1) is 5.82 Å². The first-order valence-electron chi connectivity index (χ1n) is 9.25. The van der Waals surface area contributed by atoms with Gasteiger partial charge >= 0.3 is 5.97 Å². The summed E-state index contributed by atoms with van der Waals surface area (Å²) in [5.74, 6) is -1.83. The number of carboxylic acids is 1. The molecule has 0 radical (unpaired) electrons. The number of thiocarbonyl (C=S) groups is 1. The second-order valence-electron chi connectivity index (χ2n) is 6.60.